The van der Waals surface area contributed by atoms with Crippen LogP contribution in [0.3, 0.4) is 0 Å². The smallest absolute Gasteiger partial charge is 0.237 e. The van der Waals surface area contributed by atoms with Crippen molar-refractivity contribution in [1.82, 2.24) is 10.2 Å². The first-order valence-corrected chi connectivity index (χ1v) is 7.47. The van der Waals surface area contributed by atoms with E-state index in [1.807, 2.05) is 6.92 Å². The maximum Gasteiger partial charge on any atom is 0.237 e. The molecule has 5 nitrogen and oxygen atoms in total. The summed E-state index contributed by atoms with van der Waals surface area (Å²) in [6.07, 6.45) is 5.82. The molecule has 1 aliphatic carbocycles. The van der Waals surface area contributed by atoms with Crippen LogP contribution in [0, 0.1) is 0 Å². The monoisotopic (exact) mass is 270 g/mol. The van der Waals surface area contributed by atoms with Crippen LogP contribution in [0.15, 0.2) is 0 Å². The maximum absolute atomic E-state index is 12.2. The Morgan fingerprint density at radius 2 is 2.16 bits per heavy atom. The molecule has 0 aromatic heterocycles. The van der Waals surface area contributed by atoms with Gasteiger partial charge in [-0.05, 0) is 19.8 Å². The molecule has 2 fully saturated rings. The van der Waals surface area contributed by atoms with Crippen molar-refractivity contribution in [2.45, 2.75) is 57.2 Å². The fourth-order valence-electron chi connectivity index (χ4n) is 2.94. The van der Waals surface area contributed by atoms with Crippen LogP contribution < -0.4 is 5.32 Å². The molecule has 0 aromatic carbocycles. The van der Waals surface area contributed by atoms with Crippen LogP contribution in [0.5, 0.6) is 0 Å². The number of hydrogen-bond acceptors (Lipinski definition) is 4. The summed E-state index contributed by atoms with van der Waals surface area (Å²) in [7, 11) is 0. The van der Waals surface area contributed by atoms with E-state index in [0.29, 0.717) is 19.2 Å². The first-order valence-electron chi connectivity index (χ1n) is 7.47. The Hall–Kier alpha value is -0.650. The molecule has 0 radical (unpaired) electrons. The number of nitrogens with one attached hydrogen (secondary N) is 1. The van der Waals surface area contributed by atoms with Crippen LogP contribution in [0.2, 0.25) is 0 Å². The molecule has 1 heterocycles. The quantitative estimate of drug-likeness (QED) is 0.782. The lowest BCUT2D eigenvalue weighted by Gasteiger charge is -2.36. The molecule has 5 heteroatoms. The molecule has 2 atom stereocenters. The Balaban J connectivity index is 1.80. The number of carbonyl (C=O) groups excluding carboxylic acids is 1. The topological polar surface area (TPSA) is 61.8 Å². The van der Waals surface area contributed by atoms with Crippen LogP contribution in [-0.4, -0.2) is 60.4 Å². The van der Waals surface area contributed by atoms with E-state index in [1.165, 1.54) is 19.3 Å². The van der Waals surface area contributed by atoms with Gasteiger partial charge in [0.1, 0.15) is 0 Å². The van der Waals surface area contributed by atoms with Crippen molar-refractivity contribution in [3.63, 3.8) is 0 Å². The van der Waals surface area contributed by atoms with E-state index in [0.717, 1.165) is 19.4 Å². The van der Waals surface area contributed by atoms with E-state index < -0.39 is 0 Å². The van der Waals surface area contributed by atoms with Crippen LogP contribution in [0.4, 0.5) is 0 Å². The van der Waals surface area contributed by atoms with Gasteiger partial charge in [0.15, 0.2) is 0 Å². The molecular formula is C14H26N2O3. The summed E-state index contributed by atoms with van der Waals surface area (Å²) in [6, 6.07) is 0.221. The summed E-state index contributed by atoms with van der Waals surface area (Å²) < 4.78 is 5.41. The van der Waals surface area contributed by atoms with Gasteiger partial charge >= 0.3 is 0 Å². The van der Waals surface area contributed by atoms with Gasteiger partial charge in [-0.25, -0.2) is 0 Å². The van der Waals surface area contributed by atoms with Gasteiger partial charge in [0.25, 0.3) is 0 Å². The molecule has 19 heavy (non-hydrogen) atoms. The van der Waals surface area contributed by atoms with Gasteiger partial charge in [0, 0.05) is 19.1 Å². The molecule has 110 valence electrons. The van der Waals surface area contributed by atoms with Crippen molar-refractivity contribution in [3.05, 3.63) is 0 Å². The summed E-state index contributed by atoms with van der Waals surface area (Å²) in [5.74, 6) is 0.116. The Bertz CT molecular complexity index is 292. The molecule has 1 aliphatic heterocycles. The second-order valence-corrected chi connectivity index (χ2v) is 5.69. The zero-order valence-electron chi connectivity index (χ0n) is 11.8. The second kappa shape index (κ2) is 7.22. The lowest BCUT2D eigenvalue weighted by molar-refractivity contribution is -0.131. The van der Waals surface area contributed by atoms with Gasteiger partial charge in [-0.1, -0.05) is 19.3 Å². The first kappa shape index (κ1) is 14.8. The molecule has 2 N–H and O–H groups in total. The van der Waals surface area contributed by atoms with E-state index in [1.54, 1.807) is 0 Å². The van der Waals surface area contributed by atoms with E-state index >= 15 is 0 Å². The van der Waals surface area contributed by atoms with Crippen LogP contribution in [-0.2, 0) is 9.53 Å². The molecule has 1 saturated heterocycles. The number of ether oxygens (including phenoxy) is 1. The standard InChI is InChI=1S/C14H26N2O3/c1-11(16-7-8-19-13(9-16)10-17)14(18)15-12-5-3-2-4-6-12/h11-13,17H,2-10H2,1H3,(H,15,18). The van der Waals surface area contributed by atoms with E-state index in [-0.39, 0.29) is 24.7 Å². The van der Waals surface area contributed by atoms with Crippen LogP contribution >= 0.6 is 0 Å². The molecule has 1 amide bonds. The molecule has 2 unspecified atom stereocenters. The van der Waals surface area contributed by atoms with Gasteiger partial charge in [0.05, 0.1) is 25.4 Å². The number of aliphatic hydroxyl groups excluding tert-OH is 1. The van der Waals surface area contributed by atoms with Gasteiger partial charge in [-0.15, -0.1) is 0 Å². The number of amides is 1. The molecular weight excluding hydrogens is 244 g/mol. The number of carbonyl (C=O) groups is 1. The lowest BCUT2D eigenvalue weighted by Crippen LogP contribution is -2.54. The van der Waals surface area contributed by atoms with E-state index in [2.05, 4.69) is 10.2 Å². The van der Waals surface area contributed by atoms with E-state index in [9.17, 15) is 4.79 Å². The Morgan fingerprint density at radius 3 is 2.84 bits per heavy atom. The Kier molecular flexibility index (Phi) is 5.60. The molecule has 0 bridgehead atoms. The predicted octanol–water partition coefficient (Wildman–Crippen LogP) is 0.517. The zero-order chi connectivity index (χ0) is 13.7. The van der Waals surface area contributed by atoms with Crippen molar-refractivity contribution in [1.29, 1.82) is 0 Å². The van der Waals surface area contributed by atoms with E-state index in [4.69, 9.17) is 9.84 Å². The Morgan fingerprint density at radius 1 is 1.42 bits per heavy atom. The summed E-state index contributed by atoms with van der Waals surface area (Å²) in [6.45, 7) is 3.95. The average Bonchev–Trinajstić information content (AvgIpc) is 2.47. The van der Waals surface area contributed by atoms with Crippen molar-refractivity contribution in [2.75, 3.05) is 26.3 Å². The summed E-state index contributed by atoms with van der Waals surface area (Å²) in [5, 5.41) is 12.3. The highest BCUT2D eigenvalue weighted by molar-refractivity contribution is 5.81. The molecule has 2 aliphatic rings. The SMILES string of the molecule is CC(C(=O)NC1CCCCC1)N1CCOC(CO)C1. The third kappa shape index (κ3) is 4.16. The number of morpholine rings is 1. The maximum atomic E-state index is 12.2. The van der Waals surface area contributed by atoms with Crippen molar-refractivity contribution < 1.29 is 14.6 Å². The van der Waals surface area contributed by atoms with Gasteiger partial charge in [0.2, 0.25) is 5.91 Å². The van der Waals surface area contributed by atoms with Crippen molar-refractivity contribution in [3.8, 4) is 0 Å². The van der Waals surface area contributed by atoms with Crippen molar-refractivity contribution >= 4 is 5.91 Å². The third-order valence-corrected chi connectivity index (χ3v) is 4.25. The minimum Gasteiger partial charge on any atom is -0.394 e. The summed E-state index contributed by atoms with van der Waals surface area (Å²) in [4.78, 5) is 14.3. The van der Waals surface area contributed by atoms with Crippen LogP contribution in [0.25, 0.3) is 0 Å². The number of nitrogens with zero attached hydrogens (tertiary/aromatic N) is 1. The number of aliphatic hydroxyl groups is 1. The highest BCUT2D eigenvalue weighted by Crippen LogP contribution is 2.18. The Labute approximate surface area is 115 Å². The summed E-state index contributed by atoms with van der Waals surface area (Å²) in [5.41, 5.74) is 0. The second-order valence-electron chi connectivity index (χ2n) is 5.69. The third-order valence-electron chi connectivity index (χ3n) is 4.25. The van der Waals surface area contributed by atoms with Gasteiger partial charge in [-0.2, -0.15) is 0 Å². The fourth-order valence-corrected chi connectivity index (χ4v) is 2.94. The van der Waals surface area contributed by atoms with Crippen molar-refractivity contribution in [2.24, 2.45) is 0 Å². The van der Waals surface area contributed by atoms with Crippen LogP contribution in [0.1, 0.15) is 39.0 Å². The fraction of sp³-hybridized carbons (Fsp3) is 0.929. The number of rotatable bonds is 4. The minimum atomic E-state index is -0.154. The van der Waals surface area contributed by atoms with Gasteiger partial charge < -0.3 is 15.2 Å². The number of hydrogen-bond donors (Lipinski definition) is 2. The largest absolute Gasteiger partial charge is 0.394 e. The minimum absolute atomic E-state index is 0.0213. The normalized spacial score (nSPS) is 28.0. The summed E-state index contributed by atoms with van der Waals surface area (Å²) >= 11 is 0. The molecule has 0 spiro atoms. The first-order chi connectivity index (χ1) is 9.20. The lowest BCUT2D eigenvalue weighted by atomic mass is 9.95. The van der Waals surface area contributed by atoms with Gasteiger partial charge in [-0.3, -0.25) is 9.69 Å². The molecule has 1 saturated carbocycles. The molecule has 0 aromatic rings. The zero-order valence-corrected chi connectivity index (χ0v) is 11.8. The molecule has 2 rings (SSSR count). The average molecular weight is 270 g/mol. The highest BCUT2D eigenvalue weighted by atomic mass is 16.5. The highest BCUT2D eigenvalue weighted by Gasteiger charge is 2.28. The predicted molar refractivity (Wildman–Crippen MR) is 72.9 cm³/mol.